The zero-order valence-corrected chi connectivity index (χ0v) is 13.1. The van der Waals surface area contributed by atoms with Crippen molar-refractivity contribution >= 4 is 34.5 Å². The SMILES string of the molecule is COC(=O)Nc1cnn(CC(=O)Nc2ccc3c(c2)ncn3C)n1. The molecule has 0 bridgehead atoms. The van der Waals surface area contributed by atoms with E-state index in [1.165, 1.54) is 18.1 Å². The van der Waals surface area contributed by atoms with Crippen molar-refractivity contribution in [3.8, 4) is 0 Å². The lowest BCUT2D eigenvalue weighted by atomic mass is 10.2. The summed E-state index contributed by atoms with van der Waals surface area (Å²) in [5.74, 6) is -0.102. The van der Waals surface area contributed by atoms with Gasteiger partial charge in [0.05, 0.1) is 30.7 Å². The summed E-state index contributed by atoms with van der Waals surface area (Å²) < 4.78 is 6.34. The van der Waals surface area contributed by atoms with Crippen molar-refractivity contribution in [2.24, 2.45) is 7.05 Å². The van der Waals surface area contributed by atoms with Crippen LogP contribution < -0.4 is 10.6 Å². The van der Waals surface area contributed by atoms with E-state index in [4.69, 9.17) is 0 Å². The highest BCUT2D eigenvalue weighted by Crippen LogP contribution is 2.17. The van der Waals surface area contributed by atoms with Crippen LogP contribution in [0.2, 0.25) is 0 Å². The molecule has 10 heteroatoms. The first kappa shape index (κ1) is 15.5. The topological polar surface area (TPSA) is 116 Å². The molecule has 0 aliphatic heterocycles. The molecule has 124 valence electrons. The van der Waals surface area contributed by atoms with E-state index >= 15 is 0 Å². The fraction of sp³-hybridized carbons (Fsp3) is 0.214. The Labute approximate surface area is 136 Å². The summed E-state index contributed by atoms with van der Waals surface area (Å²) in [7, 11) is 3.14. The molecule has 3 rings (SSSR count). The number of nitrogens with one attached hydrogen (secondary N) is 2. The third-order valence-electron chi connectivity index (χ3n) is 3.25. The molecular formula is C14H15N7O3. The van der Waals surface area contributed by atoms with Crippen LogP contribution in [0.1, 0.15) is 0 Å². The van der Waals surface area contributed by atoms with Gasteiger partial charge in [0.15, 0.2) is 5.82 Å². The number of aryl methyl sites for hydroxylation is 1. The molecule has 0 spiro atoms. The van der Waals surface area contributed by atoms with Crippen LogP contribution in [0.4, 0.5) is 16.3 Å². The molecule has 0 saturated heterocycles. The van der Waals surface area contributed by atoms with Gasteiger partial charge in [0.1, 0.15) is 6.54 Å². The van der Waals surface area contributed by atoms with Gasteiger partial charge < -0.3 is 14.6 Å². The van der Waals surface area contributed by atoms with Crippen LogP contribution >= 0.6 is 0 Å². The molecule has 2 N–H and O–H groups in total. The van der Waals surface area contributed by atoms with Crippen molar-refractivity contribution in [2.75, 3.05) is 17.7 Å². The third kappa shape index (κ3) is 3.32. The van der Waals surface area contributed by atoms with E-state index in [1.54, 1.807) is 18.5 Å². The van der Waals surface area contributed by atoms with Gasteiger partial charge in [0, 0.05) is 12.7 Å². The summed E-state index contributed by atoms with van der Waals surface area (Å²) in [6.07, 6.45) is 2.37. The van der Waals surface area contributed by atoms with Crippen LogP contribution in [0.15, 0.2) is 30.7 Å². The lowest BCUT2D eigenvalue weighted by Gasteiger charge is -2.05. The first-order valence-electron chi connectivity index (χ1n) is 7.01. The number of ether oxygens (including phenoxy) is 1. The van der Waals surface area contributed by atoms with Crippen molar-refractivity contribution in [3.63, 3.8) is 0 Å². The Morgan fingerprint density at radius 1 is 1.29 bits per heavy atom. The lowest BCUT2D eigenvalue weighted by Crippen LogP contribution is -2.20. The van der Waals surface area contributed by atoms with Gasteiger partial charge in [-0.3, -0.25) is 10.1 Å². The number of aromatic nitrogens is 5. The summed E-state index contributed by atoms with van der Waals surface area (Å²) in [5, 5.41) is 13.0. The Balaban J connectivity index is 1.63. The van der Waals surface area contributed by atoms with E-state index in [1.807, 2.05) is 17.7 Å². The number of hydrogen-bond donors (Lipinski definition) is 2. The predicted molar refractivity (Wildman–Crippen MR) is 85.4 cm³/mol. The molecule has 0 aliphatic rings. The van der Waals surface area contributed by atoms with Gasteiger partial charge >= 0.3 is 6.09 Å². The van der Waals surface area contributed by atoms with Gasteiger partial charge in [0.2, 0.25) is 5.91 Å². The molecule has 2 heterocycles. The molecule has 0 aliphatic carbocycles. The Morgan fingerprint density at radius 2 is 2.12 bits per heavy atom. The molecule has 10 nitrogen and oxygen atoms in total. The van der Waals surface area contributed by atoms with Gasteiger partial charge in [-0.05, 0) is 18.2 Å². The van der Waals surface area contributed by atoms with Crippen molar-refractivity contribution in [1.29, 1.82) is 0 Å². The van der Waals surface area contributed by atoms with E-state index in [9.17, 15) is 9.59 Å². The Kier molecular flexibility index (Phi) is 4.10. The lowest BCUT2D eigenvalue weighted by molar-refractivity contribution is -0.117. The number of carbonyl (C=O) groups excluding carboxylic acids is 2. The zero-order valence-electron chi connectivity index (χ0n) is 13.1. The second kappa shape index (κ2) is 6.36. The Bertz CT molecular complexity index is 899. The first-order chi connectivity index (χ1) is 11.5. The maximum absolute atomic E-state index is 12.1. The van der Waals surface area contributed by atoms with Crippen molar-refractivity contribution in [2.45, 2.75) is 6.54 Å². The van der Waals surface area contributed by atoms with E-state index in [2.05, 4.69) is 30.6 Å². The highest BCUT2D eigenvalue weighted by molar-refractivity contribution is 5.92. The van der Waals surface area contributed by atoms with Crippen LogP contribution in [0, 0.1) is 0 Å². The molecule has 2 aromatic heterocycles. The summed E-state index contributed by atoms with van der Waals surface area (Å²) in [6.45, 7) is -0.0941. The second-order valence-electron chi connectivity index (χ2n) is 4.98. The summed E-state index contributed by atoms with van der Waals surface area (Å²) in [6, 6.07) is 5.46. The number of amides is 2. The number of hydrogen-bond acceptors (Lipinski definition) is 6. The average Bonchev–Trinajstić information content (AvgIpc) is 3.14. The number of benzene rings is 1. The Hall–Kier alpha value is -3.43. The van der Waals surface area contributed by atoms with E-state index in [-0.39, 0.29) is 18.3 Å². The molecule has 2 amide bonds. The minimum Gasteiger partial charge on any atom is -0.453 e. The number of methoxy groups -OCH3 is 1. The molecule has 0 fully saturated rings. The van der Waals surface area contributed by atoms with Gasteiger partial charge in [0.25, 0.3) is 0 Å². The number of nitrogens with zero attached hydrogens (tertiary/aromatic N) is 5. The van der Waals surface area contributed by atoms with Gasteiger partial charge in [-0.15, -0.1) is 5.10 Å². The molecule has 0 radical (unpaired) electrons. The van der Waals surface area contributed by atoms with Crippen molar-refractivity contribution in [3.05, 3.63) is 30.7 Å². The highest BCUT2D eigenvalue weighted by Gasteiger charge is 2.10. The highest BCUT2D eigenvalue weighted by atomic mass is 16.5. The third-order valence-corrected chi connectivity index (χ3v) is 3.25. The Morgan fingerprint density at radius 3 is 2.92 bits per heavy atom. The normalized spacial score (nSPS) is 10.6. The van der Waals surface area contributed by atoms with E-state index in [0.29, 0.717) is 5.69 Å². The van der Waals surface area contributed by atoms with E-state index < -0.39 is 6.09 Å². The summed E-state index contributed by atoms with van der Waals surface area (Å²) in [4.78, 5) is 28.5. The quantitative estimate of drug-likeness (QED) is 0.737. The minimum atomic E-state index is -0.657. The van der Waals surface area contributed by atoms with Gasteiger partial charge in [-0.2, -0.15) is 9.90 Å². The monoisotopic (exact) mass is 329 g/mol. The molecular weight excluding hydrogens is 314 g/mol. The maximum atomic E-state index is 12.1. The molecule has 3 aromatic rings. The molecule has 0 unspecified atom stereocenters. The number of rotatable bonds is 4. The number of carbonyl (C=O) groups is 2. The zero-order chi connectivity index (χ0) is 17.1. The molecule has 0 saturated carbocycles. The van der Waals surface area contributed by atoms with Crippen LogP contribution in [0.3, 0.4) is 0 Å². The van der Waals surface area contributed by atoms with Gasteiger partial charge in [-0.25, -0.2) is 9.78 Å². The maximum Gasteiger partial charge on any atom is 0.412 e. The molecule has 0 atom stereocenters. The van der Waals surface area contributed by atoms with Crippen LogP contribution in [0.25, 0.3) is 11.0 Å². The van der Waals surface area contributed by atoms with Crippen LogP contribution in [-0.4, -0.2) is 43.7 Å². The van der Waals surface area contributed by atoms with Gasteiger partial charge in [-0.1, -0.05) is 0 Å². The van der Waals surface area contributed by atoms with Crippen LogP contribution in [-0.2, 0) is 23.1 Å². The van der Waals surface area contributed by atoms with Crippen LogP contribution in [0.5, 0.6) is 0 Å². The second-order valence-corrected chi connectivity index (χ2v) is 4.98. The molecule has 1 aromatic carbocycles. The van der Waals surface area contributed by atoms with Crippen molar-refractivity contribution in [1.82, 2.24) is 24.5 Å². The minimum absolute atomic E-state index is 0.0941. The number of fused-ring (bicyclic) bond motifs is 1. The average molecular weight is 329 g/mol. The largest absolute Gasteiger partial charge is 0.453 e. The fourth-order valence-electron chi connectivity index (χ4n) is 2.13. The molecule has 24 heavy (non-hydrogen) atoms. The van der Waals surface area contributed by atoms with Crippen molar-refractivity contribution < 1.29 is 14.3 Å². The predicted octanol–water partition coefficient (Wildman–Crippen LogP) is 0.982. The number of imidazole rings is 1. The summed E-state index contributed by atoms with van der Waals surface area (Å²) in [5.41, 5.74) is 2.39. The smallest absolute Gasteiger partial charge is 0.412 e. The number of anilines is 2. The summed E-state index contributed by atoms with van der Waals surface area (Å²) >= 11 is 0. The fourth-order valence-corrected chi connectivity index (χ4v) is 2.13. The van der Waals surface area contributed by atoms with E-state index in [0.717, 1.165) is 11.0 Å². The standard InChI is InChI=1S/C14H15N7O3/c1-20-8-15-10-5-9(3-4-11(10)20)17-13(22)7-21-16-6-12(19-21)18-14(23)24-2/h3-6,8H,7H2,1-2H3,(H,17,22)(H,18,19,23). The first-order valence-corrected chi connectivity index (χ1v) is 7.01.